The fourth-order valence-electron chi connectivity index (χ4n) is 1.04. The Balaban J connectivity index is 4.12. The maximum atomic E-state index is 11.6. The SMILES string of the molecule is COC(=O)[C@@H](C)CC(=O)C(C)N(C)C. The maximum Gasteiger partial charge on any atom is 0.308 e. The number of Topliss-reactive ketones (excluding diaryl/α,β-unsaturated/α-hetero) is 1. The van der Waals surface area contributed by atoms with E-state index in [2.05, 4.69) is 4.74 Å². The molecule has 0 saturated carbocycles. The fourth-order valence-corrected chi connectivity index (χ4v) is 1.04. The highest BCUT2D eigenvalue weighted by atomic mass is 16.5. The molecule has 14 heavy (non-hydrogen) atoms. The first-order valence-electron chi connectivity index (χ1n) is 4.67. The topological polar surface area (TPSA) is 46.6 Å². The van der Waals surface area contributed by atoms with Gasteiger partial charge >= 0.3 is 5.97 Å². The predicted octanol–water partition coefficient (Wildman–Crippen LogP) is 0.705. The number of carbonyl (C=O) groups excluding carboxylic acids is 2. The van der Waals surface area contributed by atoms with Gasteiger partial charge in [0.1, 0.15) is 0 Å². The van der Waals surface area contributed by atoms with E-state index in [1.165, 1.54) is 7.11 Å². The molecule has 0 aliphatic rings. The van der Waals surface area contributed by atoms with Gasteiger partial charge in [0, 0.05) is 6.42 Å². The molecule has 4 heteroatoms. The third-order valence-corrected chi connectivity index (χ3v) is 2.35. The molecule has 0 spiro atoms. The highest BCUT2D eigenvalue weighted by Gasteiger charge is 2.22. The summed E-state index contributed by atoms with van der Waals surface area (Å²) in [5.74, 6) is -0.618. The average Bonchev–Trinajstić information content (AvgIpc) is 2.14. The molecule has 0 aliphatic heterocycles. The second-order valence-corrected chi connectivity index (χ2v) is 3.73. The number of esters is 1. The van der Waals surface area contributed by atoms with Crippen LogP contribution in [0.2, 0.25) is 0 Å². The van der Waals surface area contributed by atoms with Crippen molar-refractivity contribution in [2.45, 2.75) is 26.3 Å². The van der Waals surface area contributed by atoms with Crippen LogP contribution >= 0.6 is 0 Å². The normalized spacial score (nSPS) is 15.0. The Morgan fingerprint density at radius 3 is 2.14 bits per heavy atom. The number of likely N-dealkylation sites (N-methyl/N-ethyl adjacent to an activating group) is 1. The van der Waals surface area contributed by atoms with Gasteiger partial charge in [0.05, 0.1) is 19.1 Å². The highest BCUT2D eigenvalue weighted by Crippen LogP contribution is 2.08. The predicted molar refractivity (Wildman–Crippen MR) is 54.0 cm³/mol. The molecule has 0 heterocycles. The van der Waals surface area contributed by atoms with Crippen molar-refractivity contribution in [1.29, 1.82) is 0 Å². The van der Waals surface area contributed by atoms with Crippen LogP contribution in [0.15, 0.2) is 0 Å². The van der Waals surface area contributed by atoms with E-state index in [9.17, 15) is 9.59 Å². The molecule has 4 nitrogen and oxygen atoms in total. The molecule has 0 amide bonds. The summed E-state index contributed by atoms with van der Waals surface area (Å²) in [5.41, 5.74) is 0. The van der Waals surface area contributed by atoms with E-state index in [0.717, 1.165) is 0 Å². The molecule has 0 N–H and O–H groups in total. The number of rotatable bonds is 5. The van der Waals surface area contributed by atoms with Crippen molar-refractivity contribution in [3.63, 3.8) is 0 Å². The Hall–Kier alpha value is -0.900. The van der Waals surface area contributed by atoms with E-state index >= 15 is 0 Å². The Labute approximate surface area is 85.2 Å². The molecule has 0 aromatic rings. The van der Waals surface area contributed by atoms with Gasteiger partial charge in [-0.15, -0.1) is 0 Å². The quantitative estimate of drug-likeness (QED) is 0.614. The van der Waals surface area contributed by atoms with Crippen molar-refractivity contribution in [3.8, 4) is 0 Å². The lowest BCUT2D eigenvalue weighted by atomic mass is 10.0. The zero-order valence-electron chi connectivity index (χ0n) is 9.53. The lowest BCUT2D eigenvalue weighted by Crippen LogP contribution is -2.34. The van der Waals surface area contributed by atoms with Crippen LogP contribution in [0.5, 0.6) is 0 Å². The Morgan fingerprint density at radius 1 is 1.29 bits per heavy atom. The molecule has 1 unspecified atom stereocenters. The molecule has 0 bridgehead atoms. The van der Waals surface area contributed by atoms with Crippen LogP contribution < -0.4 is 0 Å². The first-order valence-corrected chi connectivity index (χ1v) is 4.67. The van der Waals surface area contributed by atoms with E-state index in [0.29, 0.717) is 0 Å². The molecule has 0 aromatic carbocycles. The van der Waals surface area contributed by atoms with Crippen molar-refractivity contribution in [3.05, 3.63) is 0 Å². The van der Waals surface area contributed by atoms with Gasteiger partial charge in [-0.1, -0.05) is 6.92 Å². The number of ether oxygens (including phenoxy) is 1. The zero-order chi connectivity index (χ0) is 11.3. The van der Waals surface area contributed by atoms with E-state index in [-0.39, 0.29) is 30.1 Å². The van der Waals surface area contributed by atoms with Crippen LogP contribution in [0.3, 0.4) is 0 Å². The molecular weight excluding hydrogens is 182 g/mol. The van der Waals surface area contributed by atoms with Crippen LogP contribution in [-0.2, 0) is 14.3 Å². The van der Waals surface area contributed by atoms with Crippen LogP contribution in [-0.4, -0.2) is 43.9 Å². The van der Waals surface area contributed by atoms with Crippen molar-refractivity contribution < 1.29 is 14.3 Å². The Morgan fingerprint density at radius 2 is 1.79 bits per heavy atom. The third kappa shape index (κ3) is 3.87. The summed E-state index contributed by atoms with van der Waals surface area (Å²) >= 11 is 0. The van der Waals surface area contributed by atoms with Gasteiger partial charge < -0.3 is 4.74 Å². The Kier molecular flexibility index (Phi) is 5.38. The average molecular weight is 201 g/mol. The van der Waals surface area contributed by atoms with Gasteiger partial charge in [0.25, 0.3) is 0 Å². The summed E-state index contributed by atoms with van der Waals surface area (Å²) in [6.07, 6.45) is 0.242. The third-order valence-electron chi connectivity index (χ3n) is 2.35. The lowest BCUT2D eigenvalue weighted by Gasteiger charge is -2.19. The van der Waals surface area contributed by atoms with Crippen LogP contribution in [0.25, 0.3) is 0 Å². The minimum absolute atomic E-state index is 0.0629. The monoisotopic (exact) mass is 201 g/mol. The van der Waals surface area contributed by atoms with Crippen molar-refractivity contribution in [2.75, 3.05) is 21.2 Å². The zero-order valence-corrected chi connectivity index (χ0v) is 9.53. The first kappa shape index (κ1) is 13.1. The van der Waals surface area contributed by atoms with E-state index in [1.54, 1.807) is 6.92 Å². The van der Waals surface area contributed by atoms with Gasteiger partial charge in [-0.3, -0.25) is 14.5 Å². The highest BCUT2D eigenvalue weighted by molar-refractivity contribution is 5.87. The standard InChI is InChI=1S/C10H19NO3/c1-7(10(13)14-5)6-9(12)8(2)11(3)4/h7-8H,6H2,1-5H3/t7-,8?/m0/s1. The molecule has 82 valence electrons. The fraction of sp³-hybridized carbons (Fsp3) is 0.800. The summed E-state index contributed by atoms with van der Waals surface area (Å²) in [4.78, 5) is 24.4. The number of hydrogen-bond donors (Lipinski definition) is 0. The number of ketones is 1. The maximum absolute atomic E-state index is 11.6. The minimum Gasteiger partial charge on any atom is -0.469 e. The van der Waals surface area contributed by atoms with Crippen molar-refractivity contribution >= 4 is 11.8 Å². The summed E-state index contributed by atoms with van der Waals surface area (Å²) < 4.78 is 4.55. The lowest BCUT2D eigenvalue weighted by molar-refractivity contribution is -0.146. The number of carbonyl (C=O) groups is 2. The summed E-state index contributed by atoms with van der Waals surface area (Å²) in [7, 11) is 5.01. The molecule has 0 aliphatic carbocycles. The van der Waals surface area contributed by atoms with Gasteiger partial charge in [-0.2, -0.15) is 0 Å². The van der Waals surface area contributed by atoms with Crippen molar-refractivity contribution in [1.82, 2.24) is 4.90 Å². The molecular formula is C10H19NO3. The van der Waals surface area contributed by atoms with Crippen LogP contribution in [0.1, 0.15) is 20.3 Å². The molecule has 0 fully saturated rings. The van der Waals surface area contributed by atoms with Gasteiger partial charge in [-0.25, -0.2) is 0 Å². The second-order valence-electron chi connectivity index (χ2n) is 3.73. The molecule has 0 rings (SSSR count). The summed E-state index contributed by atoms with van der Waals surface area (Å²) in [6, 6.07) is -0.151. The van der Waals surface area contributed by atoms with Crippen LogP contribution in [0, 0.1) is 5.92 Å². The molecule has 0 saturated heterocycles. The number of nitrogens with zero attached hydrogens (tertiary/aromatic N) is 1. The van der Waals surface area contributed by atoms with Gasteiger partial charge in [0.2, 0.25) is 0 Å². The minimum atomic E-state index is -0.352. The Bertz CT molecular complexity index is 213. The van der Waals surface area contributed by atoms with Crippen molar-refractivity contribution in [2.24, 2.45) is 5.92 Å². The van der Waals surface area contributed by atoms with Crippen LogP contribution in [0.4, 0.5) is 0 Å². The summed E-state index contributed by atoms with van der Waals surface area (Å²) in [6.45, 7) is 3.53. The number of methoxy groups -OCH3 is 1. The van der Waals surface area contributed by atoms with E-state index in [4.69, 9.17) is 0 Å². The summed E-state index contributed by atoms with van der Waals surface area (Å²) in [5, 5.41) is 0. The molecule has 0 aromatic heterocycles. The second kappa shape index (κ2) is 5.75. The largest absolute Gasteiger partial charge is 0.469 e. The van der Waals surface area contributed by atoms with Gasteiger partial charge in [-0.05, 0) is 21.0 Å². The smallest absolute Gasteiger partial charge is 0.308 e. The van der Waals surface area contributed by atoms with E-state index in [1.807, 2.05) is 25.9 Å². The number of hydrogen-bond acceptors (Lipinski definition) is 4. The molecule has 2 atom stereocenters. The molecule has 0 radical (unpaired) electrons. The van der Waals surface area contributed by atoms with E-state index < -0.39 is 0 Å². The van der Waals surface area contributed by atoms with Gasteiger partial charge in [0.15, 0.2) is 5.78 Å². The first-order chi connectivity index (χ1) is 6.40.